The number of pyridine rings is 1. The number of primary amides is 1. The fourth-order valence-corrected chi connectivity index (χ4v) is 1.48. The summed E-state index contributed by atoms with van der Waals surface area (Å²) in [7, 11) is 0. The van der Waals surface area contributed by atoms with Gasteiger partial charge in [-0.1, -0.05) is 6.07 Å². The molecule has 0 radical (unpaired) electrons. The van der Waals surface area contributed by atoms with Crippen LogP contribution in [0.25, 0.3) is 0 Å². The van der Waals surface area contributed by atoms with Gasteiger partial charge in [0.25, 0.3) is 0 Å². The van der Waals surface area contributed by atoms with Crippen molar-refractivity contribution in [1.29, 1.82) is 0 Å². The average molecular weight is 222 g/mol. The van der Waals surface area contributed by atoms with Crippen LogP contribution in [0.5, 0.6) is 0 Å². The highest BCUT2D eigenvalue weighted by atomic mass is 16.1. The molecule has 1 fully saturated rings. The van der Waals surface area contributed by atoms with Crippen LogP contribution in [-0.4, -0.2) is 24.0 Å². The van der Waals surface area contributed by atoms with Crippen molar-refractivity contribution in [2.24, 2.45) is 11.7 Å². The highest BCUT2D eigenvalue weighted by Gasteiger charge is 2.17. The van der Waals surface area contributed by atoms with Gasteiger partial charge in [-0.05, 0) is 38.1 Å². The van der Waals surface area contributed by atoms with Crippen LogP contribution in [-0.2, 0) is 4.79 Å². The molecule has 1 aromatic rings. The van der Waals surface area contributed by atoms with E-state index in [0.717, 1.165) is 25.9 Å². The number of nitrogens with two attached hydrogens (primary N) is 2. The summed E-state index contributed by atoms with van der Waals surface area (Å²) in [4.78, 5) is 14.3. The van der Waals surface area contributed by atoms with Gasteiger partial charge in [0, 0.05) is 12.1 Å². The van der Waals surface area contributed by atoms with Crippen molar-refractivity contribution in [3.63, 3.8) is 0 Å². The first-order valence-corrected chi connectivity index (χ1v) is 5.36. The number of aromatic nitrogens is 1. The van der Waals surface area contributed by atoms with Gasteiger partial charge in [0.05, 0.1) is 0 Å². The van der Waals surface area contributed by atoms with E-state index in [0.29, 0.717) is 5.82 Å². The van der Waals surface area contributed by atoms with E-state index in [9.17, 15) is 4.79 Å². The maximum Gasteiger partial charge on any atom is 0.220 e. The third-order valence-electron chi connectivity index (χ3n) is 2.43. The van der Waals surface area contributed by atoms with Gasteiger partial charge in [-0.3, -0.25) is 4.79 Å². The SMILES string of the molecule is NC(=O)C1CCNCC1.Nc1ccccn1. The normalized spacial score (nSPS) is 16.0. The molecular formula is C11H18N4O. The van der Waals surface area contributed by atoms with E-state index in [-0.39, 0.29) is 11.8 Å². The Kier molecular flexibility index (Phi) is 5.28. The zero-order valence-corrected chi connectivity index (χ0v) is 9.23. The smallest absolute Gasteiger partial charge is 0.220 e. The van der Waals surface area contributed by atoms with Crippen LogP contribution in [0.2, 0.25) is 0 Å². The van der Waals surface area contributed by atoms with E-state index in [2.05, 4.69) is 10.3 Å². The predicted molar refractivity (Wildman–Crippen MR) is 63.4 cm³/mol. The van der Waals surface area contributed by atoms with Gasteiger partial charge in [0.2, 0.25) is 5.91 Å². The largest absolute Gasteiger partial charge is 0.384 e. The third-order valence-corrected chi connectivity index (χ3v) is 2.43. The van der Waals surface area contributed by atoms with E-state index >= 15 is 0 Å². The number of nitrogens with one attached hydrogen (secondary N) is 1. The molecule has 1 aliphatic rings. The minimum Gasteiger partial charge on any atom is -0.384 e. The van der Waals surface area contributed by atoms with Crippen LogP contribution < -0.4 is 16.8 Å². The van der Waals surface area contributed by atoms with Crippen LogP contribution in [0.1, 0.15) is 12.8 Å². The summed E-state index contributed by atoms with van der Waals surface area (Å²) in [6.45, 7) is 1.88. The summed E-state index contributed by atoms with van der Waals surface area (Å²) in [6, 6.07) is 5.43. The van der Waals surface area contributed by atoms with Gasteiger partial charge in [-0.25, -0.2) is 4.98 Å². The van der Waals surface area contributed by atoms with Crippen molar-refractivity contribution in [2.75, 3.05) is 18.8 Å². The van der Waals surface area contributed by atoms with Crippen molar-refractivity contribution >= 4 is 11.7 Å². The number of carbonyl (C=O) groups excluding carboxylic acids is 1. The van der Waals surface area contributed by atoms with Gasteiger partial charge in [-0.2, -0.15) is 0 Å². The Morgan fingerprint density at radius 1 is 1.38 bits per heavy atom. The lowest BCUT2D eigenvalue weighted by Crippen LogP contribution is -2.34. The molecule has 0 spiro atoms. The van der Waals surface area contributed by atoms with Gasteiger partial charge in [-0.15, -0.1) is 0 Å². The molecule has 2 heterocycles. The van der Waals surface area contributed by atoms with E-state index in [1.54, 1.807) is 12.3 Å². The minimum atomic E-state index is -0.142. The lowest BCUT2D eigenvalue weighted by molar-refractivity contribution is -0.122. The van der Waals surface area contributed by atoms with Crippen molar-refractivity contribution in [3.8, 4) is 0 Å². The molecule has 16 heavy (non-hydrogen) atoms. The zero-order chi connectivity index (χ0) is 11.8. The Hall–Kier alpha value is -1.62. The second-order valence-electron chi connectivity index (χ2n) is 3.68. The van der Waals surface area contributed by atoms with E-state index in [4.69, 9.17) is 11.5 Å². The topological polar surface area (TPSA) is 94.0 Å². The van der Waals surface area contributed by atoms with Crippen molar-refractivity contribution in [1.82, 2.24) is 10.3 Å². The Labute approximate surface area is 95.2 Å². The maximum absolute atomic E-state index is 10.5. The number of nitrogen functional groups attached to an aromatic ring is 1. The zero-order valence-electron chi connectivity index (χ0n) is 9.23. The Balaban J connectivity index is 0.000000165. The maximum atomic E-state index is 10.5. The first-order valence-electron chi connectivity index (χ1n) is 5.36. The fraction of sp³-hybridized carbons (Fsp3) is 0.455. The van der Waals surface area contributed by atoms with Crippen LogP contribution in [0.4, 0.5) is 5.82 Å². The van der Waals surface area contributed by atoms with Gasteiger partial charge >= 0.3 is 0 Å². The molecule has 0 saturated carbocycles. The first kappa shape index (κ1) is 12.4. The number of hydrogen-bond donors (Lipinski definition) is 3. The molecule has 0 aliphatic carbocycles. The molecule has 5 heteroatoms. The standard InChI is InChI=1S/C6H12N2O.C5H6N2/c7-6(9)5-1-3-8-4-2-5;6-5-3-1-2-4-7-5/h5,8H,1-4H2,(H2,7,9);1-4H,(H2,6,7). The van der Waals surface area contributed by atoms with E-state index in [1.807, 2.05) is 12.1 Å². The number of anilines is 1. The summed E-state index contributed by atoms with van der Waals surface area (Å²) < 4.78 is 0. The summed E-state index contributed by atoms with van der Waals surface area (Å²) in [6.07, 6.45) is 3.49. The Bertz CT molecular complexity index is 309. The summed E-state index contributed by atoms with van der Waals surface area (Å²) in [5.74, 6) is 0.560. The Morgan fingerprint density at radius 3 is 2.38 bits per heavy atom. The molecule has 5 N–H and O–H groups in total. The first-order chi connectivity index (χ1) is 7.70. The molecule has 0 aromatic carbocycles. The molecular weight excluding hydrogens is 204 g/mol. The van der Waals surface area contributed by atoms with Crippen LogP contribution in [0.3, 0.4) is 0 Å². The summed E-state index contributed by atoms with van der Waals surface area (Å²) >= 11 is 0. The van der Waals surface area contributed by atoms with Crippen molar-refractivity contribution in [3.05, 3.63) is 24.4 Å². The van der Waals surface area contributed by atoms with E-state index in [1.165, 1.54) is 0 Å². The molecule has 0 unspecified atom stereocenters. The molecule has 1 aromatic heterocycles. The van der Waals surface area contributed by atoms with Gasteiger partial charge in [0.15, 0.2) is 0 Å². The number of nitrogens with zero attached hydrogens (tertiary/aromatic N) is 1. The fourth-order valence-electron chi connectivity index (χ4n) is 1.48. The summed E-state index contributed by atoms with van der Waals surface area (Å²) in [5.41, 5.74) is 10.3. The second-order valence-corrected chi connectivity index (χ2v) is 3.68. The quantitative estimate of drug-likeness (QED) is 0.629. The van der Waals surface area contributed by atoms with Crippen LogP contribution in [0.15, 0.2) is 24.4 Å². The molecule has 1 amide bonds. The highest BCUT2D eigenvalue weighted by Crippen LogP contribution is 2.09. The minimum absolute atomic E-state index is 0.131. The molecule has 2 rings (SSSR count). The molecule has 0 atom stereocenters. The monoisotopic (exact) mass is 222 g/mol. The van der Waals surface area contributed by atoms with Gasteiger partial charge in [0.1, 0.15) is 5.82 Å². The lowest BCUT2D eigenvalue weighted by atomic mass is 9.98. The predicted octanol–water partition coefficient (Wildman–Crippen LogP) is 0.135. The number of rotatable bonds is 1. The number of piperidine rings is 1. The third kappa shape index (κ3) is 4.75. The van der Waals surface area contributed by atoms with E-state index < -0.39 is 0 Å². The van der Waals surface area contributed by atoms with Crippen LogP contribution >= 0.6 is 0 Å². The van der Waals surface area contributed by atoms with Crippen molar-refractivity contribution in [2.45, 2.75) is 12.8 Å². The highest BCUT2D eigenvalue weighted by molar-refractivity contribution is 5.76. The molecule has 1 aliphatic heterocycles. The molecule has 1 saturated heterocycles. The molecule has 88 valence electrons. The van der Waals surface area contributed by atoms with Gasteiger partial charge < -0.3 is 16.8 Å². The average Bonchev–Trinajstić information content (AvgIpc) is 2.32. The number of amides is 1. The number of carbonyl (C=O) groups is 1. The Morgan fingerprint density at radius 2 is 2.06 bits per heavy atom. The van der Waals surface area contributed by atoms with Crippen LogP contribution in [0, 0.1) is 5.92 Å². The number of hydrogen-bond acceptors (Lipinski definition) is 4. The molecule has 0 bridgehead atoms. The van der Waals surface area contributed by atoms with Crippen molar-refractivity contribution < 1.29 is 4.79 Å². The second kappa shape index (κ2) is 6.79. The molecule has 5 nitrogen and oxygen atoms in total. The lowest BCUT2D eigenvalue weighted by Gasteiger charge is -2.18. The summed E-state index contributed by atoms with van der Waals surface area (Å²) in [5, 5.41) is 3.16.